The number of hydrogen-bond donors (Lipinski definition) is 2. The quantitative estimate of drug-likeness (QED) is 0.599. The molecule has 4 nitrogen and oxygen atoms in total. The van der Waals surface area contributed by atoms with Crippen LogP contribution < -0.4 is 9.47 Å². The van der Waals surface area contributed by atoms with Crippen LogP contribution >= 0.6 is 11.6 Å². The van der Waals surface area contributed by atoms with Gasteiger partial charge in [0.2, 0.25) is 5.75 Å². The fourth-order valence-electron chi connectivity index (χ4n) is 2.78. The second-order valence-electron chi connectivity index (χ2n) is 5.94. The summed E-state index contributed by atoms with van der Waals surface area (Å²) in [5.41, 5.74) is 1.74. The molecule has 4 rings (SSSR count). The third kappa shape index (κ3) is 3.32. The van der Waals surface area contributed by atoms with E-state index in [9.17, 15) is 10.2 Å². The van der Waals surface area contributed by atoms with E-state index in [4.69, 9.17) is 21.1 Å². The van der Waals surface area contributed by atoms with Crippen molar-refractivity contribution in [2.45, 2.75) is 6.42 Å². The van der Waals surface area contributed by atoms with E-state index in [1.165, 1.54) is 6.07 Å². The van der Waals surface area contributed by atoms with Crippen molar-refractivity contribution in [3.8, 4) is 28.7 Å². The van der Waals surface area contributed by atoms with Gasteiger partial charge in [-0.1, -0.05) is 29.8 Å². The minimum atomic E-state index is -0.231. The highest BCUT2D eigenvalue weighted by Gasteiger charge is 2.23. The first-order valence-electron chi connectivity index (χ1n) is 8.04. The maximum Gasteiger partial charge on any atom is 0.201 e. The number of fused-ring (bicyclic) bond motifs is 1. The predicted molar refractivity (Wildman–Crippen MR) is 100 cm³/mol. The molecule has 0 aromatic heterocycles. The Morgan fingerprint density at radius 3 is 2.58 bits per heavy atom. The van der Waals surface area contributed by atoms with Gasteiger partial charge in [0.25, 0.3) is 0 Å². The summed E-state index contributed by atoms with van der Waals surface area (Å²) >= 11 is 5.88. The minimum absolute atomic E-state index is 0.191. The molecule has 2 N–H and O–H groups in total. The number of phenols is 2. The topological polar surface area (TPSA) is 58.9 Å². The Morgan fingerprint density at radius 1 is 0.962 bits per heavy atom. The van der Waals surface area contributed by atoms with Crippen molar-refractivity contribution < 1.29 is 19.7 Å². The zero-order chi connectivity index (χ0) is 18.1. The first-order valence-corrected chi connectivity index (χ1v) is 8.42. The number of benzene rings is 3. The smallest absolute Gasteiger partial charge is 0.201 e. The fourth-order valence-corrected chi connectivity index (χ4v) is 2.91. The normalized spacial score (nSPS) is 14.1. The molecule has 0 unspecified atom stereocenters. The molecular formula is C21H15ClO4. The van der Waals surface area contributed by atoms with Crippen LogP contribution in [0.25, 0.3) is 6.08 Å². The van der Waals surface area contributed by atoms with E-state index < -0.39 is 0 Å². The molecule has 0 aliphatic carbocycles. The number of allylic oxidation sites excluding steroid dienone is 1. The number of halogens is 1. The largest absolute Gasteiger partial charge is 0.504 e. The minimum Gasteiger partial charge on any atom is -0.504 e. The molecule has 0 saturated carbocycles. The van der Waals surface area contributed by atoms with Crippen LogP contribution in [-0.4, -0.2) is 10.2 Å². The summed E-state index contributed by atoms with van der Waals surface area (Å²) in [5, 5.41) is 20.1. The van der Waals surface area contributed by atoms with Crippen molar-refractivity contribution in [1.29, 1.82) is 0 Å². The molecule has 0 amide bonds. The average Bonchev–Trinajstić information content (AvgIpc) is 3.04. The van der Waals surface area contributed by atoms with Gasteiger partial charge in [0.1, 0.15) is 17.3 Å². The fraction of sp³-hybridized carbons (Fsp3) is 0.0476. The molecule has 5 heteroatoms. The molecule has 3 aromatic carbocycles. The zero-order valence-electron chi connectivity index (χ0n) is 13.6. The summed E-state index contributed by atoms with van der Waals surface area (Å²) in [6, 6.07) is 17.9. The second kappa shape index (κ2) is 6.65. The molecular weight excluding hydrogens is 352 g/mol. The summed E-state index contributed by atoms with van der Waals surface area (Å²) in [6.45, 7) is 0. The molecule has 0 spiro atoms. The number of aromatic hydroxyl groups is 2. The maximum atomic E-state index is 9.90. The van der Waals surface area contributed by atoms with Gasteiger partial charge >= 0.3 is 0 Å². The van der Waals surface area contributed by atoms with Gasteiger partial charge in [0.05, 0.1) is 0 Å². The molecule has 0 bridgehead atoms. The van der Waals surface area contributed by atoms with Gasteiger partial charge in [0.15, 0.2) is 11.5 Å². The van der Waals surface area contributed by atoms with Crippen molar-refractivity contribution in [2.24, 2.45) is 0 Å². The van der Waals surface area contributed by atoms with E-state index in [0.717, 1.165) is 11.1 Å². The third-order valence-electron chi connectivity index (χ3n) is 4.02. The van der Waals surface area contributed by atoms with Crippen molar-refractivity contribution in [1.82, 2.24) is 0 Å². The summed E-state index contributed by atoms with van der Waals surface area (Å²) in [4.78, 5) is 0. The highest BCUT2D eigenvalue weighted by molar-refractivity contribution is 6.30. The Morgan fingerprint density at radius 2 is 1.77 bits per heavy atom. The van der Waals surface area contributed by atoms with Crippen LogP contribution in [-0.2, 0) is 6.42 Å². The average molecular weight is 367 g/mol. The van der Waals surface area contributed by atoms with Crippen LogP contribution in [0.1, 0.15) is 11.1 Å². The maximum absolute atomic E-state index is 9.90. The van der Waals surface area contributed by atoms with Crippen molar-refractivity contribution in [3.05, 3.63) is 82.6 Å². The van der Waals surface area contributed by atoms with Gasteiger partial charge in [-0.05, 0) is 54.1 Å². The molecule has 0 saturated heterocycles. The van der Waals surface area contributed by atoms with Crippen LogP contribution in [0.3, 0.4) is 0 Å². The monoisotopic (exact) mass is 366 g/mol. The molecule has 1 heterocycles. The zero-order valence-corrected chi connectivity index (χ0v) is 14.4. The van der Waals surface area contributed by atoms with Gasteiger partial charge in [0, 0.05) is 17.0 Å². The lowest BCUT2D eigenvalue weighted by Gasteiger charge is -2.07. The van der Waals surface area contributed by atoms with Gasteiger partial charge in [-0.2, -0.15) is 0 Å². The van der Waals surface area contributed by atoms with Crippen LogP contribution in [0.15, 0.2) is 66.4 Å². The summed E-state index contributed by atoms with van der Waals surface area (Å²) < 4.78 is 11.5. The molecule has 1 aliphatic heterocycles. The van der Waals surface area contributed by atoms with Crippen molar-refractivity contribution in [2.75, 3.05) is 0 Å². The van der Waals surface area contributed by atoms with E-state index in [2.05, 4.69) is 0 Å². The first-order chi connectivity index (χ1) is 12.6. The molecule has 0 atom stereocenters. The summed E-state index contributed by atoms with van der Waals surface area (Å²) in [7, 11) is 0. The predicted octanol–water partition coefficient (Wildman–Crippen LogP) is 5.52. The molecule has 0 radical (unpaired) electrons. The van der Waals surface area contributed by atoms with Crippen molar-refractivity contribution in [3.63, 3.8) is 0 Å². The van der Waals surface area contributed by atoms with Gasteiger partial charge < -0.3 is 19.7 Å². The van der Waals surface area contributed by atoms with Crippen LogP contribution in [0.5, 0.6) is 28.7 Å². The standard InChI is InChI=1S/C21H15ClO4/c22-15-5-7-16(8-6-15)25-17-3-1-2-13(10-17)11-18-12-14-4-9-19(23)20(24)21(14)26-18/h1-11,23-24H,12H2. The number of phenolic OH excluding ortho intramolecular Hbond substituents is 2. The molecule has 0 fully saturated rings. The Kier molecular flexibility index (Phi) is 4.19. The number of hydrogen-bond acceptors (Lipinski definition) is 4. The Hall–Kier alpha value is -3.11. The second-order valence-corrected chi connectivity index (χ2v) is 6.38. The Labute approximate surface area is 155 Å². The molecule has 26 heavy (non-hydrogen) atoms. The Balaban J connectivity index is 1.55. The van der Waals surface area contributed by atoms with Gasteiger partial charge in [-0.15, -0.1) is 0 Å². The lowest BCUT2D eigenvalue weighted by molar-refractivity contribution is 0.368. The highest BCUT2D eigenvalue weighted by atomic mass is 35.5. The van der Waals surface area contributed by atoms with E-state index in [1.54, 1.807) is 30.3 Å². The molecule has 1 aliphatic rings. The van der Waals surface area contributed by atoms with Crippen LogP contribution in [0, 0.1) is 0 Å². The third-order valence-corrected chi connectivity index (χ3v) is 4.28. The first kappa shape index (κ1) is 16.4. The van der Waals surface area contributed by atoms with Gasteiger partial charge in [-0.25, -0.2) is 0 Å². The van der Waals surface area contributed by atoms with E-state index >= 15 is 0 Å². The SMILES string of the molecule is Oc1ccc2c(c1O)OC(=Cc1cccc(Oc3ccc(Cl)cc3)c1)C2. The highest BCUT2D eigenvalue weighted by Crippen LogP contribution is 2.44. The van der Waals surface area contributed by atoms with Crippen LogP contribution in [0.2, 0.25) is 5.02 Å². The summed E-state index contributed by atoms with van der Waals surface area (Å²) in [6.07, 6.45) is 2.43. The molecule has 130 valence electrons. The summed E-state index contributed by atoms with van der Waals surface area (Å²) in [5.74, 6) is 1.96. The van der Waals surface area contributed by atoms with E-state index in [-0.39, 0.29) is 11.5 Å². The van der Waals surface area contributed by atoms with Crippen molar-refractivity contribution >= 4 is 17.7 Å². The lowest BCUT2D eigenvalue weighted by Crippen LogP contribution is -1.89. The Bertz CT molecular complexity index is 993. The van der Waals surface area contributed by atoms with Gasteiger partial charge in [-0.3, -0.25) is 0 Å². The van der Waals surface area contributed by atoms with Crippen LogP contribution in [0.4, 0.5) is 0 Å². The molecule has 3 aromatic rings. The van der Waals surface area contributed by atoms with E-state index in [1.807, 2.05) is 30.3 Å². The number of rotatable bonds is 3. The number of ether oxygens (including phenoxy) is 2. The van der Waals surface area contributed by atoms with E-state index in [0.29, 0.717) is 34.5 Å². The lowest BCUT2D eigenvalue weighted by atomic mass is 10.1.